The van der Waals surface area contributed by atoms with E-state index in [2.05, 4.69) is 30.0 Å². The third-order valence-electron chi connectivity index (χ3n) is 4.23. The summed E-state index contributed by atoms with van der Waals surface area (Å²) in [5.41, 5.74) is 4.57. The van der Waals surface area contributed by atoms with Crippen molar-refractivity contribution in [3.8, 4) is 16.9 Å². The lowest BCUT2D eigenvalue weighted by molar-refractivity contribution is 0.331. The Hall–Kier alpha value is -1.49. The molecule has 0 atom stereocenters. The molecule has 0 unspecified atom stereocenters. The Bertz CT molecular complexity index is 666. The lowest BCUT2D eigenvalue weighted by atomic mass is 9.98. The van der Waals surface area contributed by atoms with Crippen LogP contribution in [0.2, 0.25) is 0 Å². The van der Waals surface area contributed by atoms with Crippen LogP contribution in [0.25, 0.3) is 11.1 Å². The van der Waals surface area contributed by atoms with Gasteiger partial charge in [-0.25, -0.2) is 0 Å². The van der Waals surface area contributed by atoms with Gasteiger partial charge in [0, 0.05) is 11.4 Å². The number of benzene rings is 2. The first-order valence-corrected chi connectivity index (χ1v) is 8.57. The minimum absolute atomic E-state index is 0.336. The van der Waals surface area contributed by atoms with Crippen molar-refractivity contribution in [2.24, 2.45) is 5.14 Å². The van der Waals surface area contributed by atoms with Crippen molar-refractivity contribution in [1.82, 2.24) is 4.90 Å². The van der Waals surface area contributed by atoms with Gasteiger partial charge in [0.15, 0.2) is 0 Å². The van der Waals surface area contributed by atoms with Crippen molar-refractivity contribution < 1.29 is 5.11 Å². The number of rotatable bonds is 4. The molecule has 0 bridgehead atoms. The number of nitrogens with two attached hydrogens (primary N) is 1. The van der Waals surface area contributed by atoms with E-state index in [0.29, 0.717) is 5.75 Å². The molecule has 1 heterocycles. The third-order valence-corrected chi connectivity index (χ3v) is 4.75. The second kappa shape index (κ2) is 6.73. The lowest BCUT2D eigenvalue weighted by Gasteiger charge is -2.16. The van der Waals surface area contributed by atoms with Gasteiger partial charge in [-0.3, -0.25) is 10.0 Å². The van der Waals surface area contributed by atoms with Crippen LogP contribution in [-0.2, 0) is 6.54 Å². The molecule has 1 aliphatic rings. The van der Waals surface area contributed by atoms with Crippen molar-refractivity contribution in [2.75, 3.05) is 13.1 Å². The van der Waals surface area contributed by atoms with Gasteiger partial charge >= 0.3 is 0 Å². The van der Waals surface area contributed by atoms with Gasteiger partial charge in [-0.2, -0.15) is 0 Å². The maximum Gasteiger partial charge on any atom is 0.116 e. The second-order valence-electron chi connectivity index (χ2n) is 5.97. The van der Waals surface area contributed by atoms with E-state index in [0.717, 1.165) is 35.7 Å². The van der Waals surface area contributed by atoms with Gasteiger partial charge in [0.05, 0.1) is 0 Å². The number of phenols is 1. The first-order chi connectivity index (χ1) is 10.7. The molecule has 1 aliphatic heterocycles. The van der Waals surface area contributed by atoms with Crippen LogP contribution in [0.5, 0.6) is 5.75 Å². The normalized spacial score (nSPS) is 15.4. The van der Waals surface area contributed by atoms with Crippen molar-refractivity contribution >= 4 is 11.9 Å². The minimum Gasteiger partial charge on any atom is -0.508 e. The van der Waals surface area contributed by atoms with Crippen LogP contribution in [-0.4, -0.2) is 23.1 Å². The molecule has 1 saturated heterocycles. The fourth-order valence-corrected chi connectivity index (χ4v) is 3.54. The van der Waals surface area contributed by atoms with E-state index in [1.807, 2.05) is 18.2 Å². The summed E-state index contributed by atoms with van der Waals surface area (Å²) < 4.78 is 0. The Morgan fingerprint density at radius 2 is 1.91 bits per heavy atom. The lowest BCUT2D eigenvalue weighted by Crippen LogP contribution is -2.18. The minimum atomic E-state index is 0.336. The van der Waals surface area contributed by atoms with Crippen molar-refractivity contribution in [1.29, 1.82) is 0 Å². The molecule has 3 rings (SSSR count). The van der Waals surface area contributed by atoms with Crippen LogP contribution in [0.15, 0.2) is 41.3 Å². The molecule has 0 aliphatic carbocycles. The predicted molar refractivity (Wildman–Crippen MR) is 92.8 cm³/mol. The number of phenolic OH excluding ortho intramolecular Hbond substituents is 1. The number of likely N-dealkylation sites (tertiary alicyclic amines) is 1. The summed E-state index contributed by atoms with van der Waals surface area (Å²) in [5.74, 6) is 0.336. The van der Waals surface area contributed by atoms with E-state index in [4.69, 9.17) is 5.14 Å². The molecule has 4 heteroatoms. The highest BCUT2D eigenvalue weighted by molar-refractivity contribution is 7.97. The zero-order valence-electron chi connectivity index (χ0n) is 12.9. The van der Waals surface area contributed by atoms with Crippen LogP contribution in [0, 0.1) is 6.92 Å². The van der Waals surface area contributed by atoms with Gasteiger partial charge in [-0.05, 0) is 97.4 Å². The molecule has 3 nitrogen and oxygen atoms in total. The van der Waals surface area contributed by atoms with Gasteiger partial charge in [0.1, 0.15) is 5.75 Å². The summed E-state index contributed by atoms with van der Waals surface area (Å²) in [6, 6.07) is 12.1. The van der Waals surface area contributed by atoms with E-state index < -0.39 is 0 Å². The topological polar surface area (TPSA) is 49.5 Å². The highest BCUT2D eigenvalue weighted by Gasteiger charge is 2.13. The molecular formula is C18H22N2OS. The Morgan fingerprint density at radius 3 is 2.59 bits per heavy atom. The Kier molecular flexibility index (Phi) is 4.71. The average Bonchev–Trinajstić information content (AvgIpc) is 2.99. The standard InChI is InChI=1S/C18H22N2OS/c1-13-8-17(22-19)4-5-18(13)15-9-14(10-16(21)11-15)12-20-6-2-3-7-20/h4-5,8-11,21H,2-3,6-7,12,19H2,1H3. The molecule has 3 N–H and O–H groups in total. The molecule has 2 aromatic carbocycles. The number of aromatic hydroxyl groups is 1. The van der Waals surface area contributed by atoms with Gasteiger partial charge in [0.25, 0.3) is 0 Å². The largest absolute Gasteiger partial charge is 0.508 e. The first kappa shape index (κ1) is 15.4. The molecule has 0 amide bonds. The maximum atomic E-state index is 10.1. The van der Waals surface area contributed by atoms with Crippen LogP contribution < -0.4 is 5.14 Å². The number of hydrogen-bond acceptors (Lipinski definition) is 4. The van der Waals surface area contributed by atoms with Gasteiger partial charge < -0.3 is 5.11 Å². The molecule has 116 valence electrons. The Labute approximate surface area is 136 Å². The van der Waals surface area contributed by atoms with E-state index in [1.54, 1.807) is 0 Å². The smallest absolute Gasteiger partial charge is 0.116 e. The average molecular weight is 314 g/mol. The summed E-state index contributed by atoms with van der Waals surface area (Å²) in [6.07, 6.45) is 2.56. The quantitative estimate of drug-likeness (QED) is 0.840. The van der Waals surface area contributed by atoms with E-state index >= 15 is 0 Å². The summed E-state index contributed by atoms with van der Waals surface area (Å²) in [4.78, 5) is 3.50. The second-order valence-corrected chi connectivity index (χ2v) is 6.67. The molecule has 1 fully saturated rings. The van der Waals surface area contributed by atoms with Crippen LogP contribution in [0.1, 0.15) is 24.0 Å². The highest BCUT2D eigenvalue weighted by atomic mass is 32.2. The van der Waals surface area contributed by atoms with Crippen molar-refractivity contribution in [3.05, 3.63) is 47.5 Å². The number of aryl methyl sites for hydroxylation is 1. The fourth-order valence-electron chi connectivity index (χ4n) is 3.15. The van der Waals surface area contributed by atoms with Gasteiger partial charge in [0.2, 0.25) is 0 Å². The van der Waals surface area contributed by atoms with Crippen molar-refractivity contribution in [3.63, 3.8) is 0 Å². The summed E-state index contributed by atoms with van der Waals surface area (Å²) in [5, 5.41) is 15.7. The molecule has 0 spiro atoms. The molecule has 0 radical (unpaired) electrons. The summed E-state index contributed by atoms with van der Waals surface area (Å²) >= 11 is 1.26. The zero-order valence-corrected chi connectivity index (χ0v) is 13.7. The Balaban J connectivity index is 1.91. The van der Waals surface area contributed by atoms with Gasteiger partial charge in [-0.15, -0.1) is 0 Å². The molecular weight excluding hydrogens is 292 g/mol. The van der Waals surface area contributed by atoms with E-state index in [9.17, 15) is 5.11 Å². The molecule has 2 aromatic rings. The predicted octanol–water partition coefficient (Wildman–Crippen LogP) is 3.93. The number of hydrogen-bond donors (Lipinski definition) is 2. The van der Waals surface area contributed by atoms with E-state index in [1.165, 1.54) is 35.9 Å². The monoisotopic (exact) mass is 314 g/mol. The molecule has 22 heavy (non-hydrogen) atoms. The Morgan fingerprint density at radius 1 is 1.14 bits per heavy atom. The van der Waals surface area contributed by atoms with Crippen LogP contribution in [0.3, 0.4) is 0 Å². The summed E-state index contributed by atoms with van der Waals surface area (Å²) in [7, 11) is 0. The van der Waals surface area contributed by atoms with Crippen LogP contribution in [0.4, 0.5) is 0 Å². The van der Waals surface area contributed by atoms with Crippen molar-refractivity contribution in [2.45, 2.75) is 31.2 Å². The summed E-state index contributed by atoms with van der Waals surface area (Å²) in [6.45, 7) is 5.31. The van der Waals surface area contributed by atoms with Crippen LogP contribution >= 0.6 is 11.9 Å². The fraction of sp³-hybridized carbons (Fsp3) is 0.333. The number of nitrogens with zero attached hydrogens (tertiary/aromatic N) is 1. The molecule has 0 saturated carbocycles. The highest BCUT2D eigenvalue weighted by Crippen LogP contribution is 2.30. The third kappa shape index (κ3) is 3.46. The zero-order chi connectivity index (χ0) is 15.5. The molecule has 0 aromatic heterocycles. The SMILES string of the molecule is Cc1cc(SN)ccc1-c1cc(O)cc(CN2CCCC2)c1. The first-order valence-electron chi connectivity index (χ1n) is 7.69. The van der Waals surface area contributed by atoms with E-state index in [-0.39, 0.29) is 0 Å². The van der Waals surface area contributed by atoms with Gasteiger partial charge in [-0.1, -0.05) is 6.07 Å². The maximum absolute atomic E-state index is 10.1.